The normalized spacial score (nSPS) is 20.3. The minimum atomic E-state index is 0.121. The highest BCUT2D eigenvalue weighted by Crippen LogP contribution is 2.32. The fraction of sp³-hybridized carbons (Fsp3) is 0.471. The van der Waals surface area contributed by atoms with Crippen LogP contribution in [0.4, 0.5) is 0 Å². The smallest absolute Gasteiger partial charge is 0.163 e. The number of methoxy groups -OCH3 is 2. The van der Waals surface area contributed by atoms with Crippen molar-refractivity contribution in [1.82, 2.24) is 4.90 Å². The van der Waals surface area contributed by atoms with E-state index in [1.165, 1.54) is 0 Å². The van der Waals surface area contributed by atoms with Crippen LogP contribution in [0.1, 0.15) is 18.4 Å². The lowest BCUT2D eigenvalue weighted by Crippen LogP contribution is -2.24. The molecule has 1 fully saturated rings. The highest BCUT2D eigenvalue weighted by atomic mass is 16.5. The monoisotopic (exact) mass is 289 g/mol. The maximum Gasteiger partial charge on any atom is 0.163 e. The Balaban J connectivity index is 2.22. The van der Waals surface area contributed by atoms with E-state index in [2.05, 4.69) is 4.90 Å². The summed E-state index contributed by atoms with van der Waals surface area (Å²) in [6.07, 6.45) is 3.73. The van der Waals surface area contributed by atoms with Crippen molar-refractivity contribution in [3.63, 3.8) is 0 Å². The second-order valence-corrected chi connectivity index (χ2v) is 5.64. The van der Waals surface area contributed by atoms with Crippen LogP contribution in [0.2, 0.25) is 0 Å². The molecule has 1 saturated carbocycles. The van der Waals surface area contributed by atoms with Gasteiger partial charge >= 0.3 is 0 Å². The van der Waals surface area contributed by atoms with Gasteiger partial charge in [0.25, 0.3) is 0 Å². The summed E-state index contributed by atoms with van der Waals surface area (Å²) in [5.74, 6) is 1.86. The van der Waals surface area contributed by atoms with Gasteiger partial charge in [-0.05, 0) is 50.7 Å². The van der Waals surface area contributed by atoms with Gasteiger partial charge in [-0.2, -0.15) is 0 Å². The van der Waals surface area contributed by atoms with E-state index >= 15 is 0 Å². The van der Waals surface area contributed by atoms with Gasteiger partial charge in [-0.15, -0.1) is 0 Å². The number of nitrogens with zero attached hydrogens (tertiary/aromatic N) is 1. The standard InChI is InChI=1S/C17H23NO3/c1-18(2)11-14-6-5-13(17(14)19)9-12-7-8-15(20-3)10-16(12)21-4/h7-10,14H,5-6,11H2,1-4H3. The highest BCUT2D eigenvalue weighted by molar-refractivity contribution is 6.03. The van der Waals surface area contributed by atoms with Crippen molar-refractivity contribution >= 4 is 11.9 Å². The number of Topliss-reactive ketones (excluding diaryl/α,β-unsaturated/α-hetero) is 1. The quantitative estimate of drug-likeness (QED) is 0.781. The third kappa shape index (κ3) is 3.64. The molecule has 1 aromatic carbocycles. The third-order valence-electron chi connectivity index (χ3n) is 3.81. The molecule has 0 radical (unpaired) electrons. The summed E-state index contributed by atoms with van der Waals surface area (Å²) in [7, 11) is 7.25. The number of allylic oxidation sites excluding steroid dienone is 1. The average Bonchev–Trinajstić information content (AvgIpc) is 2.80. The number of hydrogen-bond donors (Lipinski definition) is 0. The lowest BCUT2D eigenvalue weighted by molar-refractivity contribution is -0.118. The van der Waals surface area contributed by atoms with E-state index in [9.17, 15) is 4.79 Å². The van der Waals surface area contributed by atoms with Gasteiger partial charge in [0.1, 0.15) is 11.5 Å². The maximum absolute atomic E-state index is 12.4. The number of ketones is 1. The Labute approximate surface area is 126 Å². The molecule has 0 aliphatic heterocycles. The third-order valence-corrected chi connectivity index (χ3v) is 3.81. The fourth-order valence-electron chi connectivity index (χ4n) is 2.73. The van der Waals surface area contributed by atoms with E-state index in [1.54, 1.807) is 14.2 Å². The van der Waals surface area contributed by atoms with Gasteiger partial charge in [0.05, 0.1) is 14.2 Å². The number of hydrogen-bond acceptors (Lipinski definition) is 4. The zero-order valence-electron chi connectivity index (χ0n) is 13.2. The van der Waals surface area contributed by atoms with Crippen LogP contribution in [0.25, 0.3) is 6.08 Å². The molecular formula is C17H23NO3. The Morgan fingerprint density at radius 2 is 2.05 bits per heavy atom. The summed E-state index contributed by atoms with van der Waals surface area (Å²) in [5.41, 5.74) is 1.82. The van der Waals surface area contributed by atoms with Crippen molar-refractivity contribution in [2.24, 2.45) is 5.92 Å². The van der Waals surface area contributed by atoms with Crippen molar-refractivity contribution in [2.45, 2.75) is 12.8 Å². The summed E-state index contributed by atoms with van der Waals surface area (Å²) in [5, 5.41) is 0. The van der Waals surface area contributed by atoms with Gasteiger partial charge in [-0.1, -0.05) is 0 Å². The first kappa shape index (κ1) is 15.6. The molecule has 0 saturated heterocycles. The molecule has 0 heterocycles. The molecule has 21 heavy (non-hydrogen) atoms. The first-order valence-electron chi connectivity index (χ1n) is 7.16. The predicted molar refractivity (Wildman–Crippen MR) is 83.8 cm³/mol. The zero-order chi connectivity index (χ0) is 15.4. The number of ether oxygens (including phenoxy) is 2. The van der Waals surface area contributed by atoms with Gasteiger partial charge in [-0.3, -0.25) is 4.79 Å². The Morgan fingerprint density at radius 3 is 2.67 bits per heavy atom. The largest absolute Gasteiger partial charge is 0.497 e. The molecule has 4 heteroatoms. The fourth-order valence-corrected chi connectivity index (χ4v) is 2.73. The number of rotatable bonds is 5. The van der Waals surface area contributed by atoms with Crippen LogP contribution < -0.4 is 9.47 Å². The Bertz CT molecular complexity index is 549. The summed E-state index contributed by atoms with van der Waals surface area (Å²) >= 11 is 0. The molecule has 0 aromatic heterocycles. The van der Waals surface area contributed by atoms with Crippen molar-refractivity contribution in [2.75, 3.05) is 34.9 Å². The average molecular weight is 289 g/mol. The lowest BCUT2D eigenvalue weighted by Gasteiger charge is -2.13. The Kier molecular flexibility index (Phi) is 5.02. The molecule has 1 unspecified atom stereocenters. The van der Waals surface area contributed by atoms with Crippen molar-refractivity contribution in [3.8, 4) is 11.5 Å². The van der Waals surface area contributed by atoms with E-state index in [1.807, 2.05) is 38.4 Å². The molecule has 4 nitrogen and oxygen atoms in total. The molecule has 0 N–H and O–H groups in total. The zero-order valence-corrected chi connectivity index (χ0v) is 13.2. The molecule has 1 aliphatic rings. The second-order valence-electron chi connectivity index (χ2n) is 5.64. The first-order chi connectivity index (χ1) is 10.0. The minimum Gasteiger partial charge on any atom is -0.497 e. The van der Waals surface area contributed by atoms with Crippen LogP contribution in [-0.4, -0.2) is 45.5 Å². The molecule has 0 bridgehead atoms. The van der Waals surface area contributed by atoms with E-state index in [4.69, 9.17) is 9.47 Å². The van der Waals surface area contributed by atoms with Crippen LogP contribution in [0.5, 0.6) is 11.5 Å². The van der Waals surface area contributed by atoms with Crippen molar-refractivity contribution in [1.29, 1.82) is 0 Å². The van der Waals surface area contributed by atoms with Gasteiger partial charge in [0.15, 0.2) is 5.78 Å². The molecule has 0 amide bonds. The predicted octanol–water partition coefficient (Wildman–Crippen LogP) is 2.63. The Morgan fingerprint density at radius 1 is 1.29 bits per heavy atom. The summed E-state index contributed by atoms with van der Waals surface area (Å²) < 4.78 is 10.6. The molecular weight excluding hydrogens is 266 g/mol. The van der Waals surface area contributed by atoms with Crippen LogP contribution >= 0.6 is 0 Å². The van der Waals surface area contributed by atoms with Crippen LogP contribution in [0, 0.1) is 5.92 Å². The SMILES string of the molecule is COc1ccc(C=C2CCC(CN(C)C)C2=O)c(OC)c1. The lowest BCUT2D eigenvalue weighted by atomic mass is 10.0. The van der Waals surface area contributed by atoms with Gasteiger partial charge in [0, 0.05) is 24.1 Å². The van der Waals surface area contributed by atoms with Gasteiger partial charge < -0.3 is 14.4 Å². The van der Waals surface area contributed by atoms with Crippen LogP contribution in [-0.2, 0) is 4.79 Å². The van der Waals surface area contributed by atoms with Crippen LogP contribution in [0.3, 0.4) is 0 Å². The number of carbonyl (C=O) groups excluding carboxylic acids is 1. The minimum absolute atomic E-state index is 0.121. The highest BCUT2D eigenvalue weighted by Gasteiger charge is 2.29. The van der Waals surface area contributed by atoms with Crippen LogP contribution in [0.15, 0.2) is 23.8 Å². The first-order valence-corrected chi connectivity index (χ1v) is 7.16. The van der Waals surface area contributed by atoms with E-state index < -0.39 is 0 Å². The molecule has 0 spiro atoms. The summed E-state index contributed by atoms with van der Waals surface area (Å²) in [6.45, 7) is 0.815. The molecule has 1 atom stereocenters. The second kappa shape index (κ2) is 6.76. The van der Waals surface area contributed by atoms with Gasteiger partial charge in [-0.25, -0.2) is 0 Å². The number of carbonyl (C=O) groups is 1. The number of benzene rings is 1. The van der Waals surface area contributed by atoms with Crippen molar-refractivity contribution < 1.29 is 14.3 Å². The van der Waals surface area contributed by atoms with E-state index in [-0.39, 0.29) is 11.7 Å². The molecule has 2 rings (SSSR count). The molecule has 114 valence electrons. The van der Waals surface area contributed by atoms with E-state index in [0.717, 1.165) is 42.0 Å². The Hall–Kier alpha value is -1.81. The summed E-state index contributed by atoms with van der Waals surface area (Å²) in [6, 6.07) is 5.64. The maximum atomic E-state index is 12.4. The van der Waals surface area contributed by atoms with Crippen molar-refractivity contribution in [3.05, 3.63) is 29.3 Å². The topological polar surface area (TPSA) is 38.8 Å². The van der Waals surface area contributed by atoms with E-state index in [0.29, 0.717) is 0 Å². The summed E-state index contributed by atoms with van der Waals surface area (Å²) in [4.78, 5) is 14.5. The molecule has 1 aromatic rings. The van der Waals surface area contributed by atoms with Gasteiger partial charge in [0.2, 0.25) is 0 Å². The molecule has 1 aliphatic carbocycles.